The molecule has 0 spiro atoms. The Kier molecular flexibility index (Phi) is 9.57. The average Bonchev–Trinajstić information content (AvgIpc) is 1.35. The van der Waals surface area contributed by atoms with E-state index in [1.807, 2.05) is 0 Å². The Labute approximate surface area is 57.7 Å². The maximum atomic E-state index is 4.89. The van der Waals surface area contributed by atoms with Gasteiger partial charge < -0.3 is 0 Å². The van der Waals surface area contributed by atoms with Gasteiger partial charge in [-0.25, -0.2) is 0 Å². The number of halogens is 2. The Balaban J connectivity index is 0. The molecule has 0 aliphatic heterocycles. The van der Waals surface area contributed by atoms with E-state index in [1.54, 1.807) is 0 Å². The zero-order chi connectivity index (χ0) is 4.99. The molecule has 0 heterocycles. The van der Waals surface area contributed by atoms with Gasteiger partial charge in [-0.3, -0.25) is 11.3 Å². The predicted octanol–water partition coefficient (Wildman–Crippen LogP) is 0.780. The summed E-state index contributed by atoms with van der Waals surface area (Å²) in [4.78, 5) is 0. The Morgan fingerprint density at radius 2 is 2.29 bits per heavy atom. The van der Waals surface area contributed by atoms with Crippen LogP contribution in [0.3, 0.4) is 0 Å². The molecule has 0 aliphatic carbocycles. The second-order valence-corrected chi connectivity index (χ2v) is 2.02. The highest BCUT2D eigenvalue weighted by Gasteiger charge is 1.76. The molecular formula is C3H8BrClN2. The second-order valence-electron chi connectivity index (χ2n) is 0.898. The van der Waals surface area contributed by atoms with Crippen LogP contribution >= 0.6 is 28.3 Å². The maximum Gasteiger partial charge on any atom is 0.0408 e. The third-order valence-electron chi connectivity index (χ3n) is 0.294. The molecule has 3 N–H and O–H groups in total. The van der Waals surface area contributed by atoms with E-state index in [2.05, 4.69) is 27.9 Å². The lowest BCUT2D eigenvalue weighted by molar-refractivity contribution is 0.820. The van der Waals surface area contributed by atoms with Crippen molar-refractivity contribution in [2.45, 2.75) is 0 Å². The summed E-state index contributed by atoms with van der Waals surface area (Å²) in [5, 5.41) is 0. The normalized spacial score (nSPS) is 7.14. The van der Waals surface area contributed by atoms with Crippen LogP contribution in [0.4, 0.5) is 0 Å². The van der Waals surface area contributed by atoms with Crippen LogP contribution in [-0.2, 0) is 0 Å². The van der Waals surface area contributed by atoms with Crippen LogP contribution in [0, 0.1) is 0 Å². The fourth-order valence-electron chi connectivity index (χ4n) is 0.111. The van der Waals surface area contributed by atoms with Crippen molar-refractivity contribution in [2.75, 3.05) is 6.54 Å². The van der Waals surface area contributed by atoms with Crippen molar-refractivity contribution in [1.29, 1.82) is 0 Å². The minimum Gasteiger partial charge on any atom is -0.271 e. The number of rotatable bonds is 2. The van der Waals surface area contributed by atoms with E-state index in [9.17, 15) is 0 Å². The first-order valence-corrected chi connectivity index (χ1v) is 2.33. The fourth-order valence-corrected chi connectivity index (χ4v) is 0.273. The molecule has 0 radical (unpaired) electrons. The first-order chi connectivity index (χ1) is 2.77. The van der Waals surface area contributed by atoms with Gasteiger partial charge in [-0.05, 0) is 0 Å². The lowest BCUT2D eigenvalue weighted by Gasteiger charge is -1.89. The van der Waals surface area contributed by atoms with Gasteiger partial charge in [-0.15, -0.1) is 12.4 Å². The minimum absolute atomic E-state index is 0. The van der Waals surface area contributed by atoms with Crippen molar-refractivity contribution in [2.24, 2.45) is 5.84 Å². The van der Waals surface area contributed by atoms with Crippen LogP contribution in [0.1, 0.15) is 0 Å². The summed E-state index contributed by atoms with van der Waals surface area (Å²) < 4.78 is 0.866. The Morgan fingerprint density at radius 1 is 1.86 bits per heavy atom. The molecule has 0 saturated heterocycles. The molecule has 0 aromatic rings. The lowest BCUT2D eigenvalue weighted by Crippen LogP contribution is -2.22. The van der Waals surface area contributed by atoms with Crippen molar-refractivity contribution in [3.63, 3.8) is 0 Å². The molecular weight excluding hydrogens is 179 g/mol. The molecule has 0 aromatic carbocycles. The van der Waals surface area contributed by atoms with Crippen LogP contribution in [-0.4, -0.2) is 6.54 Å². The van der Waals surface area contributed by atoms with Gasteiger partial charge in [0.05, 0.1) is 0 Å². The molecule has 0 atom stereocenters. The van der Waals surface area contributed by atoms with Crippen molar-refractivity contribution in [1.82, 2.24) is 5.43 Å². The van der Waals surface area contributed by atoms with Gasteiger partial charge in [-0.2, -0.15) is 0 Å². The number of hydrogen-bond donors (Lipinski definition) is 2. The molecule has 0 rings (SSSR count). The zero-order valence-electron chi connectivity index (χ0n) is 3.78. The molecule has 0 aliphatic rings. The summed E-state index contributed by atoms with van der Waals surface area (Å²) in [5.74, 6) is 4.89. The van der Waals surface area contributed by atoms with Gasteiger partial charge in [0.15, 0.2) is 0 Å². The van der Waals surface area contributed by atoms with Gasteiger partial charge in [0.25, 0.3) is 0 Å². The van der Waals surface area contributed by atoms with E-state index in [4.69, 9.17) is 5.84 Å². The summed E-state index contributed by atoms with van der Waals surface area (Å²) in [7, 11) is 0. The molecule has 0 unspecified atom stereocenters. The summed E-state index contributed by atoms with van der Waals surface area (Å²) in [6.45, 7) is 4.14. The first-order valence-electron chi connectivity index (χ1n) is 1.54. The molecule has 2 nitrogen and oxygen atoms in total. The smallest absolute Gasteiger partial charge is 0.0408 e. The number of nitrogens with two attached hydrogens (primary N) is 1. The summed E-state index contributed by atoms with van der Waals surface area (Å²) >= 11 is 3.10. The van der Waals surface area contributed by atoms with Gasteiger partial charge in [0, 0.05) is 11.0 Å². The average molecular weight is 187 g/mol. The monoisotopic (exact) mass is 186 g/mol. The van der Waals surface area contributed by atoms with E-state index in [0.717, 1.165) is 4.48 Å². The van der Waals surface area contributed by atoms with Crippen molar-refractivity contribution < 1.29 is 0 Å². The van der Waals surface area contributed by atoms with Crippen LogP contribution in [0.15, 0.2) is 11.1 Å². The third kappa shape index (κ3) is 10.7. The van der Waals surface area contributed by atoms with E-state index in [-0.39, 0.29) is 12.4 Å². The lowest BCUT2D eigenvalue weighted by atomic mass is 10.7. The first kappa shape index (κ1) is 10.4. The molecule has 0 amide bonds. The molecule has 7 heavy (non-hydrogen) atoms. The molecule has 0 fully saturated rings. The van der Waals surface area contributed by atoms with Crippen LogP contribution in [0.2, 0.25) is 0 Å². The largest absolute Gasteiger partial charge is 0.271 e. The van der Waals surface area contributed by atoms with Crippen molar-refractivity contribution >= 4 is 28.3 Å². The summed E-state index contributed by atoms with van der Waals surface area (Å²) in [5.41, 5.74) is 2.42. The highest BCUT2D eigenvalue weighted by molar-refractivity contribution is 9.11. The molecule has 0 aromatic heterocycles. The van der Waals surface area contributed by atoms with Gasteiger partial charge in [0.1, 0.15) is 0 Å². The summed E-state index contributed by atoms with van der Waals surface area (Å²) in [6, 6.07) is 0. The van der Waals surface area contributed by atoms with Gasteiger partial charge in [-0.1, -0.05) is 22.5 Å². The van der Waals surface area contributed by atoms with Crippen LogP contribution < -0.4 is 11.3 Å². The maximum absolute atomic E-state index is 4.89. The van der Waals surface area contributed by atoms with E-state index >= 15 is 0 Å². The SMILES string of the molecule is C=C(Br)CNN.Cl. The molecule has 0 saturated carbocycles. The topological polar surface area (TPSA) is 38.0 Å². The molecule has 44 valence electrons. The highest BCUT2D eigenvalue weighted by atomic mass is 79.9. The van der Waals surface area contributed by atoms with E-state index in [1.165, 1.54) is 0 Å². The number of hydrogen-bond acceptors (Lipinski definition) is 2. The van der Waals surface area contributed by atoms with Crippen molar-refractivity contribution in [3.05, 3.63) is 11.1 Å². The standard InChI is InChI=1S/C3H7BrN2.ClH/c1-3(4)2-6-5;/h6H,1-2,5H2;1H. The minimum atomic E-state index is 0. The summed E-state index contributed by atoms with van der Waals surface area (Å²) in [6.07, 6.45) is 0. The third-order valence-corrected chi connectivity index (χ3v) is 0.574. The fraction of sp³-hybridized carbons (Fsp3) is 0.333. The number of hydrazine groups is 1. The zero-order valence-corrected chi connectivity index (χ0v) is 6.18. The highest BCUT2D eigenvalue weighted by Crippen LogP contribution is 1.94. The Morgan fingerprint density at radius 3 is 2.29 bits per heavy atom. The molecule has 0 bridgehead atoms. The van der Waals surface area contributed by atoms with Gasteiger partial charge >= 0.3 is 0 Å². The van der Waals surface area contributed by atoms with Crippen LogP contribution in [0.25, 0.3) is 0 Å². The number of nitrogens with one attached hydrogen (secondary N) is 1. The van der Waals surface area contributed by atoms with Crippen LogP contribution in [0.5, 0.6) is 0 Å². The predicted molar refractivity (Wildman–Crippen MR) is 37.5 cm³/mol. The quantitative estimate of drug-likeness (QED) is 0.495. The van der Waals surface area contributed by atoms with Crippen molar-refractivity contribution in [3.8, 4) is 0 Å². The van der Waals surface area contributed by atoms with Gasteiger partial charge in [0.2, 0.25) is 0 Å². The molecule has 4 heteroatoms. The Bertz CT molecular complexity index is 56.9. The Hall–Kier alpha value is 0.430. The van der Waals surface area contributed by atoms with E-state index in [0.29, 0.717) is 6.54 Å². The van der Waals surface area contributed by atoms with E-state index < -0.39 is 0 Å². The second kappa shape index (κ2) is 6.43.